The van der Waals surface area contributed by atoms with Crippen LogP contribution in [-0.4, -0.2) is 58.3 Å². The fourth-order valence-electron chi connectivity index (χ4n) is 5.71. The van der Waals surface area contributed by atoms with E-state index in [0.29, 0.717) is 25.6 Å². The van der Waals surface area contributed by atoms with Crippen molar-refractivity contribution >= 4 is 17.6 Å². The Morgan fingerprint density at radius 3 is 2.47 bits per heavy atom. The number of piperazine rings is 1. The van der Waals surface area contributed by atoms with Crippen LogP contribution in [0.3, 0.4) is 0 Å². The van der Waals surface area contributed by atoms with Crippen molar-refractivity contribution < 1.29 is 9.90 Å². The lowest BCUT2D eigenvalue weighted by Crippen LogP contribution is -2.54. The van der Waals surface area contributed by atoms with Gasteiger partial charge in [0.25, 0.3) is 0 Å². The zero-order valence-electron chi connectivity index (χ0n) is 23.5. The highest BCUT2D eigenvalue weighted by molar-refractivity contribution is 5.68. The molecule has 1 aromatic heterocycles. The van der Waals surface area contributed by atoms with Crippen molar-refractivity contribution in [2.75, 3.05) is 36.0 Å². The Bertz CT molecular complexity index is 1370. The van der Waals surface area contributed by atoms with Gasteiger partial charge in [-0.1, -0.05) is 43.7 Å². The number of hydrogen-bond acceptors (Lipinski definition) is 5. The van der Waals surface area contributed by atoms with Crippen molar-refractivity contribution in [3.63, 3.8) is 0 Å². The van der Waals surface area contributed by atoms with Gasteiger partial charge in [-0.25, -0.2) is 14.8 Å². The van der Waals surface area contributed by atoms with Gasteiger partial charge in [-0.05, 0) is 62.4 Å². The normalized spacial score (nSPS) is 17.7. The van der Waals surface area contributed by atoms with E-state index < -0.39 is 6.09 Å². The van der Waals surface area contributed by atoms with Gasteiger partial charge < -0.3 is 19.8 Å². The summed E-state index contributed by atoms with van der Waals surface area (Å²) >= 11 is 0. The highest BCUT2D eigenvalue weighted by Crippen LogP contribution is 2.36. The van der Waals surface area contributed by atoms with E-state index in [1.807, 2.05) is 0 Å². The summed E-state index contributed by atoms with van der Waals surface area (Å²) in [7, 11) is 0. The van der Waals surface area contributed by atoms with Crippen LogP contribution < -0.4 is 9.80 Å². The van der Waals surface area contributed by atoms with E-state index in [2.05, 4.69) is 87.7 Å². The van der Waals surface area contributed by atoms with E-state index in [4.69, 9.17) is 9.97 Å². The zero-order chi connectivity index (χ0) is 27.1. The first-order chi connectivity index (χ1) is 18.1. The fraction of sp³-hybridized carbons (Fsp3) is 0.452. The number of benzene rings is 2. The van der Waals surface area contributed by atoms with Crippen LogP contribution in [0.4, 0.5) is 16.3 Å². The maximum atomic E-state index is 11.7. The van der Waals surface area contributed by atoms with E-state index in [1.54, 1.807) is 0 Å². The van der Waals surface area contributed by atoms with Crippen molar-refractivity contribution in [3.8, 4) is 11.4 Å². The van der Waals surface area contributed by atoms with E-state index in [0.717, 1.165) is 53.5 Å². The molecule has 1 atom stereocenters. The summed E-state index contributed by atoms with van der Waals surface area (Å²) in [6.07, 6.45) is -0.0127. The molecule has 200 valence electrons. The number of anilines is 2. The number of nitrogens with zero attached hydrogens (tertiary/aromatic N) is 5. The Morgan fingerprint density at radius 2 is 1.76 bits per heavy atom. The van der Waals surface area contributed by atoms with Gasteiger partial charge in [0.05, 0.1) is 5.69 Å². The largest absolute Gasteiger partial charge is 0.465 e. The molecule has 0 aliphatic carbocycles. The lowest BCUT2D eigenvalue weighted by Gasteiger charge is -2.42. The maximum absolute atomic E-state index is 11.7. The van der Waals surface area contributed by atoms with Crippen LogP contribution in [0.1, 0.15) is 60.2 Å². The number of carbonyl (C=O) groups is 1. The highest BCUT2D eigenvalue weighted by atomic mass is 16.4. The number of hydrogen-bond donors (Lipinski definition) is 1. The molecule has 1 fully saturated rings. The maximum Gasteiger partial charge on any atom is 0.407 e. The zero-order valence-corrected chi connectivity index (χ0v) is 23.5. The molecule has 3 aromatic rings. The van der Waals surface area contributed by atoms with Gasteiger partial charge in [0.1, 0.15) is 5.82 Å². The predicted octanol–water partition coefficient (Wildman–Crippen LogP) is 5.94. The van der Waals surface area contributed by atoms with Gasteiger partial charge in [0, 0.05) is 62.0 Å². The minimum Gasteiger partial charge on any atom is -0.465 e. The minimum absolute atomic E-state index is 0.0201. The van der Waals surface area contributed by atoms with Gasteiger partial charge in [-0.15, -0.1) is 0 Å². The van der Waals surface area contributed by atoms with Gasteiger partial charge in [0.2, 0.25) is 0 Å². The average Bonchev–Trinajstić information content (AvgIpc) is 2.89. The SMILES string of the molecule is Cc1ccc(C)c(-c2nc3c(c(N4CCN(C(=O)O)CC4C)n2)CN(c2cc(C(C)C)ccc2C)CC3)c1. The second-order valence-electron chi connectivity index (χ2n) is 11.3. The Kier molecular flexibility index (Phi) is 7.03. The highest BCUT2D eigenvalue weighted by Gasteiger charge is 2.32. The quantitative estimate of drug-likeness (QED) is 0.465. The lowest BCUT2D eigenvalue weighted by molar-refractivity contribution is 0.136. The smallest absolute Gasteiger partial charge is 0.407 e. The van der Waals surface area contributed by atoms with Crippen molar-refractivity contribution in [3.05, 3.63) is 69.9 Å². The molecule has 0 spiro atoms. The van der Waals surface area contributed by atoms with Crippen LogP contribution in [0, 0.1) is 20.8 Å². The first-order valence-corrected chi connectivity index (χ1v) is 13.7. The molecule has 5 rings (SSSR count). The summed E-state index contributed by atoms with van der Waals surface area (Å²) in [5, 5.41) is 9.58. The molecular weight excluding hydrogens is 474 g/mol. The second kappa shape index (κ2) is 10.3. The van der Waals surface area contributed by atoms with Crippen molar-refractivity contribution in [2.24, 2.45) is 0 Å². The lowest BCUT2D eigenvalue weighted by atomic mass is 9.97. The predicted molar refractivity (Wildman–Crippen MR) is 153 cm³/mol. The van der Waals surface area contributed by atoms with E-state index >= 15 is 0 Å². The van der Waals surface area contributed by atoms with E-state index in [1.165, 1.54) is 27.3 Å². The molecule has 38 heavy (non-hydrogen) atoms. The Labute approximate surface area is 226 Å². The van der Waals surface area contributed by atoms with E-state index in [9.17, 15) is 9.90 Å². The number of carboxylic acid groups (broad SMARTS) is 1. The third-order valence-corrected chi connectivity index (χ3v) is 8.08. The van der Waals surface area contributed by atoms with Gasteiger partial charge in [-0.2, -0.15) is 0 Å². The molecule has 1 N–H and O–H groups in total. The molecule has 0 saturated carbocycles. The minimum atomic E-state index is -0.857. The third kappa shape index (κ3) is 4.94. The molecule has 7 heteroatoms. The summed E-state index contributed by atoms with van der Waals surface area (Å²) in [5.74, 6) is 2.18. The summed E-state index contributed by atoms with van der Waals surface area (Å²) in [6, 6.07) is 13.2. The number of rotatable bonds is 4. The first-order valence-electron chi connectivity index (χ1n) is 13.7. The second-order valence-corrected chi connectivity index (χ2v) is 11.3. The number of fused-ring (bicyclic) bond motifs is 1. The summed E-state index contributed by atoms with van der Waals surface area (Å²) in [5.41, 5.74) is 9.56. The molecule has 0 bridgehead atoms. The molecule has 2 aromatic carbocycles. The number of aromatic nitrogens is 2. The first kappa shape index (κ1) is 26.0. The van der Waals surface area contributed by atoms with Crippen LogP contribution in [0.15, 0.2) is 36.4 Å². The molecule has 1 amide bonds. The van der Waals surface area contributed by atoms with Crippen LogP contribution in [0.5, 0.6) is 0 Å². The molecule has 3 heterocycles. The molecule has 2 aliphatic heterocycles. The molecule has 0 radical (unpaired) electrons. The van der Waals surface area contributed by atoms with Crippen LogP contribution in [0.25, 0.3) is 11.4 Å². The van der Waals surface area contributed by atoms with E-state index in [-0.39, 0.29) is 6.04 Å². The van der Waals surface area contributed by atoms with Crippen LogP contribution in [-0.2, 0) is 13.0 Å². The van der Waals surface area contributed by atoms with Gasteiger partial charge in [-0.3, -0.25) is 0 Å². The van der Waals surface area contributed by atoms with Crippen molar-refractivity contribution in [1.82, 2.24) is 14.9 Å². The number of amides is 1. The molecular formula is C31H39N5O2. The number of aryl methyl sites for hydroxylation is 3. The summed E-state index contributed by atoms with van der Waals surface area (Å²) in [6.45, 7) is 16.2. The molecule has 1 unspecified atom stereocenters. The Balaban J connectivity index is 1.59. The van der Waals surface area contributed by atoms with Crippen LogP contribution >= 0.6 is 0 Å². The van der Waals surface area contributed by atoms with Crippen molar-refractivity contribution in [2.45, 2.75) is 66.5 Å². The molecule has 1 saturated heterocycles. The van der Waals surface area contributed by atoms with Gasteiger partial charge >= 0.3 is 6.09 Å². The van der Waals surface area contributed by atoms with Crippen LogP contribution in [0.2, 0.25) is 0 Å². The molecule has 7 nitrogen and oxygen atoms in total. The summed E-state index contributed by atoms with van der Waals surface area (Å²) < 4.78 is 0. The monoisotopic (exact) mass is 513 g/mol. The summed E-state index contributed by atoms with van der Waals surface area (Å²) in [4.78, 5) is 28.3. The fourth-order valence-corrected chi connectivity index (χ4v) is 5.71. The Hall–Kier alpha value is -3.61. The van der Waals surface area contributed by atoms with Gasteiger partial charge in [0.15, 0.2) is 5.82 Å². The Morgan fingerprint density at radius 1 is 1.00 bits per heavy atom. The van der Waals surface area contributed by atoms with Crippen molar-refractivity contribution in [1.29, 1.82) is 0 Å². The molecule has 2 aliphatic rings. The standard InChI is InChI=1S/C31H39N5O2/c1-19(2)24-10-9-22(5)28(16-24)34-12-11-27-26(18-34)30(36-14-13-35(31(37)38)17-23(36)6)33-29(32-27)25-15-20(3)7-8-21(25)4/h7-10,15-16,19,23H,11-14,17-18H2,1-6H3,(H,37,38). The average molecular weight is 514 g/mol. The third-order valence-electron chi connectivity index (χ3n) is 8.08. The topological polar surface area (TPSA) is 72.8 Å².